The molecule has 4 heteroatoms. The minimum absolute atomic E-state index is 0.00174. The number of benzene rings is 2. The molecule has 0 unspecified atom stereocenters. The van der Waals surface area contributed by atoms with E-state index in [9.17, 15) is 4.79 Å². The lowest BCUT2D eigenvalue weighted by atomic mass is 10.1. The Morgan fingerprint density at radius 1 is 1.10 bits per heavy atom. The van der Waals surface area contributed by atoms with Crippen LogP contribution in [-0.2, 0) is 6.54 Å². The van der Waals surface area contributed by atoms with E-state index in [0.717, 1.165) is 5.56 Å². The lowest BCUT2D eigenvalue weighted by molar-refractivity contribution is 0.0908. The topological polar surface area (TPSA) is 40.5 Å². The molecular formula is C17H18ClNO2. The maximum absolute atomic E-state index is 12.3. The first-order chi connectivity index (χ1) is 10.2. The summed E-state index contributed by atoms with van der Waals surface area (Å²) < 4.78 is 0. The van der Waals surface area contributed by atoms with Crippen LogP contribution in [0.5, 0.6) is 0 Å². The summed E-state index contributed by atoms with van der Waals surface area (Å²) in [4.78, 5) is 14.2. The Morgan fingerprint density at radius 2 is 1.86 bits per heavy atom. The molecule has 0 radical (unpaired) electrons. The number of hydrogen-bond acceptors (Lipinski definition) is 3. The van der Waals surface area contributed by atoms with Crippen LogP contribution in [0, 0.1) is 0 Å². The summed E-state index contributed by atoms with van der Waals surface area (Å²) in [7, 11) is 0. The van der Waals surface area contributed by atoms with Crippen molar-refractivity contribution in [3.8, 4) is 0 Å². The van der Waals surface area contributed by atoms with Gasteiger partial charge in [-0.1, -0.05) is 54.1 Å². The van der Waals surface area contributed by atoms with E-state index in [1.165, 1.54) is 0 Å². The maximum Gasteiger partial charge on any atom is 0.176 e. The van der Waals surface area contributed by atoms with Crippen molar-refractivity contribution in [1.82, 2.24) is 4.90 Å². The standard InChI is InChI=1S/C17H18ClNO2/c18-16-8-4-7-15(11-16)17(21)13-19(9-10-20)12-14-5-2-1-3-6-14/h1-8,11,20H,9-10,12-13H2. The summed E-state index contributed by atoms with van der Waals surface area (Å²) >= 11 is 5.91. The van der Waals surface area contributed by atoms with Crippen molar-refractivity contribution in [2.45, 2.75) is 6.54 Å². The molecule has 2 aromatic rings. The van der Waals surface area contributed by atoms with Crippen molar-refractivity contribution in [3.63, 3.8) is 0 Å². The van der Waals surface area contributed by atoms with Gasteiger partial charge in [0.05, 0.1) is 13.2 Å². The van der Waals surface area contributed by atoms with Gasteiger partial charge in [-0.25, -0.2) is 0 Å². The summed E-state index contributed by atoms with van der Waals surface area (Å²) in [6.45, 7) is 1.38. The van der Waals surface area contributed by atoms with Crippen molar-refractivity contribution < 1.29 is 9.90 Å². The molecule has 21 heavy (non-hydrogen) atoms. The van der Waals surface area contributed by atoms with Crippen molar-refractivity contribution in [3.05, 3.63) is 70.7 Å². The molecule has 0 aliphatic rings. The normalized spacial score (nSPS) is 10.8. The third kappa shape index (κ3) is 4.97. The molecule has 2 aromatic carbocycles. The second-order valence-corrected chi connectivity index (χ2v) is 5.29. The summed E-state index contributed by atoms with van der Waals surface area (Å²) in [6, 6.07) is 16.8. The minimum Gasteiger partial charge on any atom is -0.395 e. The van der Waals surface area contributed by atoms with Gasteiger partial charge in [-0.15, -0.1) is 0 Å². The van der Waals surface area contributed by atoms with Crippen LogP contribution in [0.1, 0.15) is 15.9 Å². The number of carbonyl (C=O) groups is 1. The molecule has 0 fully saturated rings. The molecule has 0 amide bonds. The third-order valence-electron chi connectivity index (χ3n) is 3.18. The molecule has 0 aliphatic heterocycles. The second-order valence-electron chi connectivity index (χ2n) is 4.85. The molecule has 0 bridgehead atoms. The van der Waals surface area contributed by atoms with Crippen molar-refractivity contribution >= 4 is 17.4 Å². The molecule has 3 nitrogen and oxygen atoms in total. The van der Waals surface area contributed by atoms with Crippen LogP contribution < -0.4 is 0 Å². The Hall–Kier alpha value is -1.68. The van der Waals surface area contributed by atoms with E-state index in [4.69, 9.17) is 16.7 Å². The zero-order chi connectivity index (χ0) is 15.1. The average Bonchev–Trinajstić information content (AvgIpc) is 2.48. The fourth-order valence-corrected chi connectivity index (χ4v) is 2.34. The Bertz CT molecular complexity index is 586. The maximum atomic E-state index is 12.3. The fourth-order valence-electron chi connectivity index (χ4n) is 2.15. The molecular weight excluding hydrogens is 286 g/mol. The van der Waals surface area contributed by atoms with Crippen LogP contribution in [0.2, 0.25) is 5.02 Å². The van der Waals surface area contributed by atoms with Gasteiger partial charge in [0, 0.05) is 23.7 Å². The van der Waals surface area contributed by atoms with Gasteiger partial charge in [-0.05, 0) is 17.7 Å². The van der Waals surface area contributed by atoms with Crippen LogP contribution in [0.3, 0.4) is 0 Å². The van der Waals surface area contributed by atoms with E-state index >= 15 is 0 Å². The Balaban J connectivity index is 2.04. The van der Waals surface area contributed by atoms with Crippen LogP contribution in [0.25, 0.3) is 0 Å². The highest BCUT2D eigenvalue weighted by Crippen LogP contribution is 2.12. The third-order valence-corrected chi connectivity index (χ3v) is 3.41. The van der Waals surface area contributed by atoms with Crippen molar-refractivity contribution in [2.24, 2.45) is 0 Å². The number of aliphatic hydroxyl groups is 1. The highest BCUT2D eigenvalue weighted by atomic mass is 35.5. The number of nitrogens with zero attached hydrogens (tertiary/aromatic N) is 1. The van der Waals surface area contributed by atoms with Gasteiger partial charge in [0.1, 0.15) is 0 Å². The average molecular weight is 304 g/mol. The number of ketones is 1. The molecule has 1 N–H and O–H groups in total. The molecule has 0 saturated carbocycles. The first-order valence-electron chi connectivity index (χ1n) is 6.85. The summed E-state index contributed by atoms with van der Waals surface area (Å²) in [6.07, 6.45) is 0. The van der Waals surface area contributed by atoms with Crippen molar-refractivity contribution in [2.75, 3.05) is 19.7 Å². The van der Waals surface area contributed by atoms with Gasteiger partial charge in [-0.3, -0.25) is 9.69 Å². The molecule has 0 aromatic heterocycles. The molecule has 0 aliphatic carbocycles. The highest BCUT2D eigenvalue weighted by Gasteiger charge is 2.13. The van der Waals surface area contributed by atoms with Gasteiger partial charge in [0.2, 0.25) is 0 Å². The SMILES string of the molecule is O=C(CN(CCO)Cc1ccccc1)c1cccc(Cl)c1. The zero-order valence-corrected chi connectivity index (χ0v) is 12.5. The lowest BCUT2D eigenvalue weighted by Crippen LogP contribution is -2.32. The van der Waals surface area contributed by atoms with E-state index in [-0.39, 0.29) is 18.9 Å². The Kier molecular flexibility index (Phi) is 5.93. The predicted octanol–water partition coefficient (Wildman–Crippen LogP) is 3.02. The molecule has 110 valence electrons. The summed E-state index contributed by atoms with van der Waals surface area (Å²) in [5.74, 6) is 0.00174. The Morgan fingerprint density at radius 3 is 2.52 bits per heavy atom. The van der Waals surface area contributed by atoms with Gasteiger partial charge < -0.3 is 5.11 Å². The van der Waals surface area contributed by atoms with Gasteiger partial charge >= 0.3 is 0 Å². The largest absolute Gasteiger partial charge is 0.395 e. The van der Waals surface area contributed by atoms with E-state index in [1.54, 1.807) is 24.3 Å². The van der Waals surface area contributed by atoms with E-state index in [1.807, 2.05) is 35.2 Å². The minimum atomic E-state index is 0.00174. The van der Waals surface area contributed by atoms with Gasteiger partial charge in [0.15, 0.2) is 5.78 Å². The quantitative estimate of drug-likeness (QED) is 0.799. The van der Waals surface area contributed by atoms with Crippen LogP contribution in [-0.4, -0.2) is 35.5 Å². The highest BCUT2D eigenvalue weighted by molar-refractivity contribution is 6.31. The van der Waals surface area contributed by atoms with Crippen molar-refractivity contribution in [1.29, 1.82) is 0 Å². The number of rotatable bonds is 7. The first kappa shape index (κ1) is 15.7. The summed E-state index contributed by atoms with van der Waals surface area (Å²) in [5.41, 5.74) is 1.71. The zero-order valence-electron chi connectivity index (χ0n) is 11.7. The smallest absolute Gasteiger partial charge is 0.176 e. The van der Waals surface area contributed by atoms with E-state index < -0.39 is 0 Å². The molecule has 0 spiro atoms. The lowest BCUT2D eigenvalue weighted by Gasteiger charge is -2.20. The number of Topliss-reactive ketones (excluding diaryl/α,β-unsaturated/α-hetero) is 1. The van der Waals surface area contributed by atoms with Crippen LogP contribution >= 0.6 is 11.6 Å². The van der Waals surface area contributed by atoms with Gasteiger partial charge in [0.25, 0.3) is 0 Å². The summed E-state index contributed by atoms with van der Waals surface area (Å²) in [5, 5.41) is 9.72. The molecule has 0 heterocycles. The van der Waals surface area contributed by atoms with E-state index in [0.29, 0.717) is 23.7 Å². The number of hydrogen-bond donors (Lipinski definition) is 1. The Labute approximate surface area is 129 Å². The fraction of sp³-hybridized carbons (Fsp3) is 0.235. The van der Waals surface area contributed by atoms with Gasteiger partial charge in [-0.2, -0.15) is 0 Å². The monoisotopic (exact) mass is 303 g/mol. The molecule has 0 saturated heterocycles. The number of carbonyl (C=O) groups excluding carboxylic acids is 1. The second kappa shape index (κ2) is 7.93. The predicted molar refractivity (Wildman–Crippen MR) is 84.6 cm³/mol. The number of aliphatic hydroxyl groups excluding tert-OH is 1. The first-order valence-corrected chi connectivity index (χ1v) is 7.23. The molecule has 0 atom stereocenters. The van der Waals surface area contributed by atoms with Crippen LogP contribution in [0.4, 0.5) is 0 Å². The van der Waals surface area contributed by atoms with Crippen LogP contribution in [0.15, 0.2) is 54.6 Å². The molecule has 2 rings (SSSR count). The van der Waals surface area contributed by atoms with E-state index in [2.05, 4.69) is 0 Å². The number of halogens is 1.